The van der Waals surface area contributed by atoms with E-state index in [9.17, 15) is 9.50 Å². The molecule has 0 saturated heterocycles. The van der Waals surface area contributed by atoms with Crippen LogP contribution >= 0.6 is 11.6 Å². The topological polar surface area (TPSA) is 46.2 Å². The molecule has 0 saturated carbocycles. The maximum absolute atomic E-state index is 13.4. The highest BCUT2D eigenvalue weighted by molar-refractivity contribution is 6.32. The van der Waals surface area contributed by atoms with E-state index in [0.29, 0.717) is 5.02 Å². The summed E-state index contributed by atoms with van der Waals surface area (Å²) in [6.07, 6.45) is -0.830. The molecule has 0 bridgehead atoms. The van der Waals surface area contributed by atoms with Crippen molar-refractivity contribution in [1.29, 1.82) is 0 Å². The number of aliphatic hydroxyl groups is 1. The van der Waals surface area contributed by atoms with E-state index in [1.807, 2.05) is 0 Å². The molecule has 1 aromatic carbocycles. The van der Waals surface area contributed by atoms with Crippen molar-refractivity contribution in [2.24, 2.45) is 5.73 Å². The van der Waals surface area contributed by atoms with Gasteiger partial charge in [0.05, 0.1) is 17.2 Å². The molecule has 2 atom stereocenters. The Morgan fingerprint density at radius 3 is 2.57 bits per heavy atom. The van der Waals surface area contributed by atoms with E-state index in [4.69, 9.17) is 17.3 Å². The number of nitrogens with two attached hydrogens (primary N) is 1. The molecule has 1 aromatic rings. The van der Waals surface area contributed by atoms with Crippen molar-refractivity contribution in [3.05, 3.63) is 34.1 Å². The summed E-state index contributed by atoms with van der Waals surface area (Å²) in [5.74, 6) is -0.478. The van der Waals surface area contributed by atoms with E-state index in [-0.39, 0.29) is 5.56 Å². The van der Waals surface area contributed by atoms with Crippen LogP contribution in [0.25, 0.3) is 0 Å². The van der Waals surface area contributed by atoms with Crippen molar-refractivity contribution in [3.8, 4) is 0 Å². The van der Waals surface area contributed by atoms with Gasteiger partial charge in [0.1, 0.15) is 5.82 Å². The first-order valence-electron chi connectivity index (χ1n) is 4.33. The van der Waals surface area contributed by atoms with E-state index in [0.717, 1.165) is 5.56 Å². The molecule has 0 fully saturated rings. The first-order chi connectivity index (χ1) is 6.45. The van der Waals surface area contributed by atoms with Crippen LogP contribution in [0, 0.1) is 12.7 Å². The second-order valence-electron chi connectivity index (χ2n) is 3.36. The molecule has 3 N–H and O–H groups in total. The monoisotopic (exact) mass is 217 g/mol. The molecule has 0 spiro atoms. The summed E-state index contributed by atoms with van der Waals surface area (Å²) in [5.41, 5.74) is 6.57. The second kappa shape index (κ2) is 4.26. The van der Waals surface area contributed by atoms with Gasteiger partial charge in [0, 0.05) is 5.56 Å². The molecule has 0 aliphatic rings. The predicted molar refractivity (Wildman–Crippen MR) is 54.8 cm³/mol. The van der Waals surface area contributed by atoms with Crippen LogP contribution < -0.4 is 5.73 Å². The van der Waals surface area contributed by atoms with Crippen molar-refractivity contribution in [2.45, 2.75) is 26.0 Å². The number of aliphatic hydroxyl groups excluding tert-OH is 1. The normalized spacial score (nSPS) is 15.3. The zero-order valence-electron chi connectivity index (χ0n) is 8.09. The first-order valence-corrected chi connectivity index (χ1v) is 4.71. The molecular weight excluding hydrogens is 205 g/mol. The highest BCUT2D eigenvalue weighted by Crippen LogP contribution is 2.29. The molecule has 0 heterocycles. The van der Waals surface area contributed by atoms with E-state index in [1.54, 1.807) is 13.0 Å². The molecule has 0 aliphatic heterocycles. The number of rotatable bonds is 2. The quantitative estimate of drug-likeness (QED) is 0.798. The third-order valence-corrected chi connectivity index (χ3v) is 2.67. The fourth-order valence-electron chi connectivity index (χ4n) is 1.23. The van der Waals surface area contributed by atoms with Crippen LogP contribution in [0.5, 0.6) is 0 Å². The third kappa shape index (κ3) is 2.05. The van der Waals surface area contributed by atoms with Gasteiger partial charge in [-0.25, -0.2) is 4.39 Å². The van der Waals surface area contributed by atoms with Crippen molar-refractivity contribution in [3.63, 3.8) is 0 Å². The van der Waals surface area contributed by atoms with Crippen LogP contribution in [0.1, 0.15) is 24.1 Å². The number of benzene rings is 1. The van der Waals surface area contributed by atoms with E-state index >= 15 is 0 Å². The average Bonchev–Trinajstić information content (AvgIpc) is 2.12. The fourth-order valence-corrected chi connectivity index (χ4v) is 1.50. The summed E-state index contributed by atoms with van der Waals surface area (Å²) in [4.78, 5) is 0. The standard InChI is InChI=1S/C10H13ClFNO/c1-5-3-4-7(12)8(9(5)11)10(13)6(2)14/h3-4,6,10,14H,13H2,1-2H3/t6-,10+/m0/s1. The zero-order chi connectivity index (χ0) is 10.9. The number of aryl methyl sites for hydroxylation is 1. The van der Waals surface area contributed by atoms with Gasteiger partial charge < -0.3 is 10.8 Å². The van der Waals surface area contributed by atoms with Crippen LogP contribution in [0.15, 0.2) is 12.1 Å². The molecular formula is C10H13ClFNO. The Hall–Kier alpha value is -0.640. The van der Waals surface area contributed by atoms with E-state index < -0.39 is 18.0 Å². The lowest BCUT2D eigenvalue weighted by atomic mass is 10.0. The Bertz CT molecular complexity index is 341. The van der Waals surface area contributed by atoms with Crippen molar-refractivity contribution < 1.29 is 9.50 Å². The average molecular weight is 218 g/mol. The van der Waals surface area contributed by atoms with Gasteiger partial charge >= 0.3 is 0 Å². The van der Waals surface area contributed by atoms with E-state index in [2.05, 4.69) is 0 Å². The van der Waals surface area contributed by atoms with Gasteiger partial charge in [-0.3, -0.25) is 0 Å². The number of halogens is 2. The molecule has 0 radical (unpaired) electrons. The Labute approximate surface area is 87.5 Å². The van der Waals surface area contributed by atoms with Gasteiger partial charge in [-0.15, -0.1) is 0 Å². The van der Waals surface area contributed by atoms with Gasteiger partial charge in [-0.2, -0.15) is 0 Å². The van der Waals surface area contributed by atoms with Crippen molar-refractivity contribution >= 4 is 11.6 Å². The molecule has 2 nitrogen and oxygen atoms in total. The van der Waals surface area contributed by atoms with Crippen molar-refractivity contribution in [1.82, 2.24) is 0 Å². The van der Waals surface area contributed by atoms with Crippen LogP contribution in [0.2, 0.25) is 5.02 Å². The molecule has 1 rings (SSSR count). The minimum absolute atomic E-state index is 0.182. The Morgan fingerprint density at radius 1 is 1.50 bits per heavy atom. The van der Waals surface area contributed by atoms with E-state index in [1.165, 1.54) is 13.0 Å². The lowest BCUT2D eigenvalue weighted by Gasteiger charge is -2.18. The molecule has 0 unspecified atom stereocenters. The minimum Gasteiger partial charge on any atom is -0.391 e. The lowest BCUT2D eigenvalue weighted by Crippen LogP contribution is -2.24. The lowest BCUT2D eigenvalue weighted by molar-refractivity contribution is 0.162. The summed E-state index contributed by atoms with van der Waals surface area (Å²) in [6, 6.07) is 2.09. The molecule has 14 heavy (non-hydrogen) atoms. The third-order valence-electron chi connectivity index (χ3n) is 2.17. The smallest absolute Gasteiger partial charge is 0.129 e. The number of hydrogen-bond acceptors (Lipinski definition) is 2. The second-order valence-corrected chi connectivity index (χ2v) is 3.74. The summed E-state index contributed by atoms with van der Waals surface area (Å²) >= 11 is 5.91. The molecule has 0 aliphatic carbocycles. The fraction of sp³-hybridized carbons (Fsp3) is 0.400. The molecule has 4 heteroatoms. The molecule has 0 aromatic heterocycles. The van der Waals surface area contributed by atoms with Gasteiger partial charge in [-0.1, -0.05) is 17.7 Å². The van der Waals surface area contributed by atoms with Gasteiger partial charge in [0.15, 0.2) is 0 Å². The predicted octanol–water partition coefficient (Wildman–Crippen LogP) is 2.17. The Morgan fingerprint density at radius 2 is 2.07 bits per heavy atom. The maximum Gasteiger partial charge on any atom is 0.129 e. The Kier molecular flexibility index (Phi) is 3.48. The zero-order valence-corrected chi connectivity index (χ0v) is 8.85. The van der Waals surface area contributed by atoms with Gasteiger partial charge in [0.2, 0.25) is 0 Å². The molecule has 0 amide bonds. The van der Waals surface area contributed by atoms with Crippen molar-refractivity contribution in [2.75, 3.05) is 0 Å². The van der Waals surface area contributed by atoms with Gasteiger partial charge in [-0.05, 0) is 25.5 Å². The van der Waals surface area contributed by atoms with Crippen LogP contribution in [-0.2, 0) is 0 Å². The Balaban J connectivity index is 3.25. The largest absolute Gasteiger partial charge is 0.391 e. The van der Waals surface area contributed by atoms with Crippen LogP contribution in [-0.4, -0.2) is 11.2 Å². The summed E-state index contributed by atoms with van der Waals surface area (Å²) in [7, 11) is 0. The number of hydrogen-bond donors (Lipinski definition) is 2. The minimum atomic E-state index is -0.830. The highest BCUT2D eigenvalue weighted by Gasteiger charge is 2.20. The summed E-state index contributed by atoms with van der Waals surface area (Å²) in [5, 5.41) is 9.55. The maximum atomic E-state index is 13.4. The highest BCUT2D eigenvalue weighted by atomic mass is 35.5. The molecule has 78 valence electrons. The summed E-state index contributed by atoms with van der Waals surface area (Å²) < 4.78 is 13.4. The van der Waals surface area contributed by atoms with Crippen LogP contribution in [0.3, 0.4) is 0 Å². The van der Waals surface area contributed by atoms with Crippen LogP contribution in [0.4, 0.5) is 4.39 Å². The first kappa shape index (κ1) is 11.4. The SMILES string of the molecule is Cc1ccc(F)c([C@H](N)[C@H](C)O)c1Cl. The summed E-state index contributed by atoms with van der Waals surface area (Å²) in [6.45, 7) is 3.27. The van der Waals surface area contributed by atoms with Gasteiger partial charge in [0.25, 0.3) is 0 Å².